The Balaban J connectivity index is 1.76. The van der Waals surface area contributed by atoms with Gasteiger partial charge in [0.1, 0.15) is 6.54 Å². The molecule has 2 heterocycles. The number of likely N-dealkylation sites (N-methyl/N-ethyl adjacent to an activating group) is 1. The summed E-state index contributed by atoms with van der Waals surface area (Å²) in [5.74, 6) is -0.475. The Bertz CT molecular complexity index is 763. The summed E-state index contributed by atoms with van der Waals surface area (Å²) < 4.78 is 5.04. The van der Waals surface area contributed by atoms with Gasteiger partial charge in [0.2, 0.25) is 17.6 Å². The molecule has 0 unspecified atom stereocenters. The molecule has 0 radical (unpaired) electrons. The highest BCUT2D eigenvalue weighted by atomic mass is 32.1. The molecule has 1 N–H and O–H groups in total. The van der Waals surface area contributed by atoms with Crippen LogP contribution in [-0.4, -0.2) is 54.4 Å². The molecular formula is C17H20N4O4S. The van der Waals surface area contributed by atoms with Crippen molar-refractivity contribution >= 4 is 34.9 Å². The largest absolute Gasteiger partial charge is 0.456 e. The minimum Gasteiger partial charge on any atom is -0.456 e. The van der Waals surface area contributed by atoms with E-state index < -0.39 is 5.97 Å². The van der Waals surface area contributed by atoms with Crippen LogP contribution >= 0.6 is 11.3 Å². The Kier molecular flexibility index (Phi) is 7.22. The molecule has 138 valence electrons. The van der Waals surface area contributed by atoms with Crippen molar-refractivity contribution in [3.63, 3.8) is 0 Å². The predicted molar refractivity (Wildman–Crippen MR) is 97.3 cm³/mol. The van der Waals surface area contributed by atoms with E-state index in [9.17, 15) is 14.4 Å². The number of nitrogens with one attached hydrogen (secondary N) is 1. The number of carbonyl (C=O) groups is 3. The lowest BCUT2D eigenvalue weighted by molar-refractivity contribution is -0.140. The number of carbonyl (C=O) groups excluding carboxylic acids is 3. The normalized spacial score (nSPS) is 10.2. The number of nitrogens with zero attached hydrogens (tertiary/aromatic N) is 3. The van der Waals surface area contributed by atoms with Crippen LogP contribution in [0.1, 0.15) is 21.5 Å². The smallest absolute Gasteiger partial charge is 0.326 e. The third-order valence-corrected chi connectivity index (χ3v) is 4.49. The molecule has 9 heteroatoms. The van der Waals surface area contributed by atoms with Crippen LogP contribution < -0.4 is 10.2 Å². The number of rotatable bonds is 9. The summed E-state index contributed by atoms with van der Waals surface area (Å²) >= 11 is 1.33. The van der Waals surface area contributed by atoms with Gasteiger partial charge in [-0.25, -0.2) is 9.97 Å². The van der Waals surface area contributed by atoms with Crippen molar-refractivity contribution in [3.05, 3.63) is 40.3 Å². The molecule has 0 aromatic carbocycles. The van der Waals surface area contributed by atoms with Crippen LogP contribution in [0.3, 0.4) is 0 Å². The number of amides is 1. The average molecular weight is 376 g/mol. The van der Waals surface area contributed by atoms with Crippen molar-refractivity contribution in [2.75, 3.05) is 31.6 Å². The van der Waals surface area contributed by atoms with Gasteiger partial charge in [-0.05, 0) is 24.6 Å². The number of aromatic nitrogens is 2. The summed E-state index contributed by atoms with van der Waals surface area (Å²) in [4.78, 5) is 45.9. The van der Waals surface area contributed by atoms with Crippen molar-refractivity contribution in [2.45, 2.75) is 13.3 Å². The van der Waals surface area contributed by atoms with Crippen molar-refractivity contribution < 1.29 is 19.1 Å². The van der Waals surface area contributed by atoms with E-state index in [-0.39, 0.29) is 24.8 Å². The van der Waals surface area contributed by atoms with Crippen LogP contribution in [0.5, 0.6) is 0 Å². The maximum absolute atomic E-state index is 12.1. The number of thiophene rings is 1. The summed E-state index contributed by atoms with van der Waals surface area (Å²) in [6.07, 6.45) is 3.81. The third-order valence-electron chi connectivity index (χ3n) is 3.31. The maximum Gasteiger partial charge on any atom is 0.326 e. The molecule has 0 aliphatic rings. The molecule has 26 heavy (non-hydrogen) atoms. The fourth-order valence-corrected chi connectivity index (χ4v) is 2.97. The zero-order valence-corrected chi connectivity index (χ0v) is 15.4. The van der Waals surface area contributed by atoms with Crippen molar-refractivity contribution in [1.82, 2.24) is 15.3 Å². The van der Waals surface area contributed by atoms with Crippen LogP contribution in [0, 0.1) is 0 Å². The van der Waals surface area contributed by atoms with Crippen molar-refractivity contribution in [3.8, 4) is 0 Å². The van der Waals surface area contributed by atoms with Crippen molar-refractivity contribution in [1.29, 1.82) is 0 Å². The summed E-state index contributed by atoms with van der Waals surface area (Å²) in [6.45, 7) is 1.61. The number of hydrogen-bond donors (Lipinski definition) is 1. The molecule has 0 fully saturated rings. The molecule has 0 atom stereocenters. The summed E-state index contributed by atoms with van der Waals surface area (Å²) in [5, 5.41) is 2.70. The molecular weight excluding hydrogens is 356 g/mol. The molecule has 0 bridgehead atoms. The standard InChI is InChI=1S/C17H20N4O4S/c1-12(22)18-9-6-13-4-5-15(26-13)14(23)11-25-16(24)10-21(2)17-19-7-3-8-20-17/h3-5,7-8H,6,9-11H2,1-2H3,(H,18,22). The zero-order chi connectivity index (χ0) is 18.9. The molecule has 0 saturated carbocycles. The summed E-state index contributed by atoms with van der Waals surface area (Å²) in [6, 6.07) is 5.22. The van der Waals surface area contributed by atoms with Gasteiger partial charge >= 0.3 is 5.97 Å². The predicted octanol–water partition coefficient (Wildman–Crippen LogP) is 1.08. The molecule has 2 aromatic rings. The van der Waals surface area contributed by atoms with Crippen molar-refractivity contribution in [2.24, 2.45) is 0 Å². The van der Waals surface area contributed by atoms with Gasteiger partial charge in [0.25, 0.3) is 0 Å². The van der Waals surface area contributed by atoms with Gasteiger partial charge in [-0.15, -0.1) is 11.3 Å². The highest BCUT2D eigenvalue weighted by Gasteiger charge is 2.15. The Morgan fingerprint density at radius 2 is 1.96 bits per heavy atom. The topological polar surface area (TPSA) is 101 Å². The highest BCUT2D eigenvalue weighted by molar-refractivity contribution is 7.14. The van der Waals surface area contributed by atoms with E-state index in [2.05, 4.69) is 15.3 Å². The molecule has 2 rings (SSSR count). The zero-order valence-electron chi connectivity index (χ0n) is 14.6. The molecule has 0 spiro atoms. The minimum atomic E-state index is -0.532. The third kappa shape index (κ3) is 6.25. The molecule has 0 aliphatic heterocycles. The monoisotopic (exact) mass is 376 g/mol. The van der Waals surface area contributed by atoms with Crippen LogP contribution in [0.15, 0.2) is 30.6 Å². The SMILES string of the molecule is CC(=O)NCCc1ccc(C(=O)COC(=O)CN(C)c2ncccn2)s1. The highest BCUT2D eigenvalue weighted by Crippen LogP contribution is 2.17. The van der Waals surface area contributed by atoms with Gasteiger partial charge in [0.05, 0.1) is 4.88 Å². The van der Waals surface area contributed by atoms with E-state index >= 15 is 0 Å². The van der Waals surface area contributed by atoms with E-state index in [0.717, 1.165) is 4.88 Å². The van der Waals surface area contributed by atoms with E-state index in [0.29, 0.717) is 23.8 Å². The first kappa shape index (κ1) is 19.5. The molecule has 1 amide bonds. The number of ether oxygens (including phenoxy) is 1. The number of anilines is 1. The Morgan fingerprint density at radius 1 is 1.23 bits per heavy atom. The first-order chi connectivity index (χ1) is 12.5. The Hall–Kier alpha value is -2.81. The fourth-order valence-electron chi connectivity index (χ4n) is 2.04. The lowest BCUT2D eigenvalue weighted by atomic mass is 10.3. The van der Waals surface area contributed by atoms with Crippen LogP contribution in [0.2, 0.25) is 0 Å². The van der Waals surface area contributed by atoms with Crippen LogP contribution in [-0.2, 0) is 20.7 Å². The molecule has 0 saturated heterocycles. The lowest BCUT2D eigenvalue weighted by Gasteiger charge is -2.15. The van der Waals surface area contributed by atoms with Crippen LogP contribution in [0.4, 0.5) is 5.95 Å². The number of ketones is 1. The van der Waals surface area contributed by atoms with E-state index in [1.165, 1.54) is 23.2 Å². The second kappa shape index (κ2) is 9.62. The molecule has 2 aromatic heterocycles. The number of Topliss-reactive ketones (excluding diaryl/α,β-unsaturated/α-hetero) is 1. The van der Waals surface area contributed by atoms with Gasteiger partial charge < -0.3 is 15.0 Å². The Morgan fingerprint density at radius 3 is 2.65 bits per heavy atom. The first-order valence-electron chi connectivity index (χ1n) is 7.96. The minimum absolute atomic E-state index is 0.0519. The first-order valence-corrected chi connectivity index (χ1v) is 8.77. The van der Waals surface area contributed by atoms with Gasteiger partial charge in [-0.2, -0.15) is 0 Å². The summed E-state index contributed by atoms with van der Waals surface area (Å²) in [7, 11) is 1.67. The second-order valence-corrected chi connectivity index (χ2v) is 6.66. The Labute approximate surface area is 155 Å². The second-order valence-electron chi connectivity index (χ2n) is 5.49. The lowest BCUT2D eigenvalue weighted by Crippen LogP contribution is -2.29. The van der Waals surface area contributed by atoms with Gasteiger partial charge in [0.15, 0.2) is 6.61 Å². The number of esters is 1. The van der Waals surface area contributed by atoms with Gasteiger partial charge in [0, 0.05) is 37.8 Å². The number of hydrogen-bond acceptors (Lipinski definition) is 8. The van der Waals surface area contributed by atoms with E-state index in [1.54, 1.807) is 31.6 Å². The fraction of sp³-hybridized carbons (Fsp3) is 0.353. The van der Waals surface area contributed by atoms with Gasteiger partial charge in [-0.1, -0.05) is 0 Å². The maximum atomic E-state index is 12.1. The molecule has 8 nitrogen and oxygen atoms in total. The van der Waals surface area contributed by atoms with Gasteiger partial charge in [-0.3, -0.25) is 14.4 Å². The average Bonchev–Trinajstić information content (AvgIpc) is 3.09. The van der Waals surface area contributed by atoms with E-state index in [4.69, 9.17) is 4.74 Å². The van der Waals surface area contributed by atoms with Crippen LogP contribution in [0.25, 0.3) is 0 Å². The molecule has 0 aliphatic carbocycles. The van der Waals surface area contributed by atoms with E-state index in [1.807, 2.05) is 6.07 Å². The quantitative estimate of drug-likeness (QED) is 0.516. The summed E-state index contributed by atoms with van der Waals surface area (Å²) in [5.41, 5.74) is 0.